The van der Waals surface area contributed by atoms with E-state index in [-0.39, 0.29) is 6.42 Å². The van der Waals surface area contributed by atoms with Gasteiger partial charge in [0.05, 0.1) is 5.69 Å². The highest BCUT2D eigenvalue weighted by Crippen LogP contribution is 2.32. The molecule has 0 atom stereocenters. The summed E-state index contributed by atoms with van der Waals surface area (Å²) in [5.41, 5.74) is 6.80. The normalized spacial score (nSPS) is 10.8. The monoisotopic (exact) mass is 348 g/mol. The van der Waals surface area contributed by atoms with Crippen LogP contribution in [0.1, 0.15) is 27.8 Å². The highest BCUT2D eigenvalue weighted by atomic mass is 16.4. The Labute approximate surface area is 153 Å². The van der Waals surface area contributed by atoms with Crippen molar-refractivity contribution < 1.29 is 9.90 Å². The molecule has 1 N–H and O–H groups in total. The second-order valence-corrected chi connectivity index (χ2v) is 6.51. The number of aliphatic carboxylic acids is 1. The van der Waals surface area contributed by atoms with E-state index in [1.165, 1.54) is 0 Å². The van der Waals surface area contributed by atoms with E-state index in [4.69, 9.17) is 0 Å². The van der Waals surface area contributed by atoms with Crippen LogP contribution in [0.25, 0.3) is 5.69 Å². The van der Waals surface area contributed by atoms with Gasteiger partial charge in [0.2, 0.25) is 0 Å². The smallest absolute Gasteiger partial charge is 0.152 e. The van der Waals surface area contributed by atoms with Crippen LogP contribution in [0.5, 0.6) is 0 Å². The number of rotatable bonds is 5. The lowest BCUT2D eigenvalue weighted by Gasteiger charge is -2.21. The van der Waals surface area contributed by atoms with Gasteiger partial charge in [-0.1, -0.05) is 18.2 Å². The number of carboxylic acid groups (broad SMARTS) is 1. The molecular weight excluding hydrogens is 326 g/mol. The van der Waals surface area contributed by atoms with E-state index in [0.29, 0.717) is 0 Å². The second kappa shape index (κ2) is 7.04. The quantitative estimate of drug-likeness (QED) is 0.769. The van der Waals surface area contributed by atoms with Crippen molar-refractivity contribution in [1.29, 1.82) is 0 Å². The van der Waals surface area contributed by atoms with Crippen molar-refractivity contribution in [1.82, 2.24) is 9.78 Å². The Bertz CT molecular complexity index is 930. The Balaban J connectivity index is 1.96. The van der Waals surface area contributed by atoms with E-state index in [2.05, 4.69) is 10.4 Å². The molecular formula is C21H22N3O2-. The third-order valence-electron chi connectivity index (χ3n) is 4.96. The van der Waals surface area contributed by atoms with Crippen LogP contribution in [-0.2, 0) is 11.2 Å². The summed E-state index contributed by atoms with van der Waals surface area (Å²) in [6.07, 6.45) is 1.84. The zero-order chi connectivity index (χ0) is 18.8. The predicted octanol–water partition coefficient (Wildman–Crippen LogP) is 3.14. The summed E-state index contributed by atoms with van der Waals surface area (Å²) in [7, 11) is 0. The van der Waals surface area contributed by atoms with Gasteiger partial charge in [0.1, 0.15) is 0 Å². The molecule has 0 aliphatic carbocycles. The van der Waals surface area contributed by atoms with Crippen molar-refractivity contribution in [3.63, 3.8) is 0 Å². The van der Waals surface area contributed by atoms with Gasteiger partial charge in [-0.3, -0.25) is 0 Å². The standard InChI is InChI=1S/C21H23N3O2/c1-13-15(3)21(16(4)14(2)18(13)12-20(25)26)22-19-10-11-24(23-19)17-8-6-5-7-9-17/h5-11H,12H2,1-4H3,(H,22,23)(H,25,26)/p-1. The van der Waals surface area contributed by atoms with Crippen molar-refractivity contribution in [2.75, 3.05) is 5.32 Å². The number of aromatic nitrogens is 2. The molecule has 0 saturated heterocycles. The average molecular weight is 348 g/mol. The number of benzene rings is 2. The fourth-order valence-corrected chi connectivity index (χ4v) is 3.23. The maximum Gasteiger partial charge on any atom is 0.152 e. The van der Waals surface area contributed by atoms with Crippen LogP contribution < -0.4 is 10.4 Å². The summed E-state index contributed by atoms with van der Waals surface area (Å²) >= 11 is 0. The van der Waals surface area contributed by atoms with Gasteiger partial charge in [-0.15, -0.1) is 0 Å². The van der Waals surface area contributed by atoms with Crippen LogP contribution in [0.3, 0.4) is 0 Å². The first-order valence-corrected chi connectivity index (χ1v) is 8.55. The molecule has 0 radical (unpaired) electrons. The van der Waals surface area contributed by atoms with Crippen molar-refractivity contribution in [3.05, 3.63) is 70.4 Å². The van der Waals surface area contributed by atoms with Crippen molar-refractivity contribution in [3.8, 4) is 5.69 Å². The molecule has 0 amide bonds. The molecule has 0 saturated carbocycles. The highest BCUT2D eigenvalue weighted by molar-refractivity contribution is 5.74. The summed E-state index contributed by atoms with van der Waals surface area (Å²) in [4.78, 5) is 11.1. The van der Waals surface area contributed by atoms with E-state index in [1.807, 2.05) is 75.0 Å². The van der Waals surface area contributed by atoms with E-state index in [0.717, 1.165) is 45.0 Å². The van der Waals surface area contributed by atoms with Crippen LogP contribution in [0.4, 0.5) is 11.5 Å². The van der Waals surface area contributed by atoms with Gasteiger partial charge in [0.15, 0.2) is 5.82 Å². The predicted molar refractivity (Wildman–Crippen MR) is 101 cm³/mol. The fourth-order valence-electron chi connectivity index (χ4n) is 3.23. The minimum atomic E-state index is -1.06. The fraction of sp³-hybridized carbons (Fsp3) is 0.238. The van der Waals surface area contributed by atoms with Crippen molar-refractivity contribution in [2.45, 2.75) is 34.1 Å². The van der Waals surface area contributed by atoms with E-state index < -0.39 is 5.97 Å². The van der Waals surface area contributed by atoms with Crippen LogP contribution in [0, 0.1) is 27.7 Å². The van der Waals surface area contributed by atoms with Gasteiger partial charge in [0.25, 0.3) is 0 Å². The summed E-state index contributed by atoms with van der Waals surface area (Å²) in [5.74, 6) is -0.316. The minimum Gasteiger partial charge on any atom is -0.550 e. The molecule has 3 aromatic rings. The lowest BCUT2D eigenvalue weighted by molar-refractivity contribution is -0.304. The number of hydrogen-bond acceptors (Lipinski definition) is 4. The van der Waals surface area contributed by atoms with E-state index >= 15 is 0 Å². The Morgan fingerprint density at radius 3 is 2.19 bits per heavy atom. The van der Waals surface area contributed by atoms with Crippen LogP contribution >= 0.6 is 0 Å². The molecule has 1 aromatic heterocycles. The lowest BCUT2D eigenvalue weighted by atomic mass is 9.90. The zero-order valence-electron chi connectivity index (χ0n) is 15.5. The lowest BCUT2D eigenvalue weighted by Crippen LogP contribution is -2.25. The molecule has 5 heteroatoms. The molecule has 0 spiro atoms. The first-order valence-electron chi connectivity index (χ1n) is 8.55. The highest BCUT2D eigenvalue weighted by Gasteiger charge is 2.15. The Morgan fingerprint density at radius 2 is 1.62 bits per heavy atom. The largest absolute Gasteiger partial charge is 0.550 e. The van der Waals surface area contributed by atoms with Crippen molar-refractivity contribution >= 4 is 17.5 Å². The summed E-state index contributed by atoms with van der Waals surface area (Å²) in [6.45, 7) is 7.90. The number of anilines is 2. The number of carboxylic acids is 1. The molecule has 134 valence electrons. The summed E-state index contributed by atoms with van der Waals surface area (Å²) in [5, 5.41) is 19.1. The molecule has 0 fully saturated rings. The van der Waals surface area contributed by atoms with Crippen LogP contribution in [-0.4, -0.2) is 15.7 Å². The molecule has 2 aromatic carbocycles. The molecule has 0 unspecified atom stereocenters. The van der Waals surface area contributed by atoms with Crippen LogP contribution in [0.2, 0.25) is 0 Å². The number of nitrogens with zero attached hydrogens (tertiary/aromatic N) is 2. The van der Waals surface area contributed by atoms with Gasteiger partial charge < -0.3 is 15.2 Å². The number of nitrogens with one attached hydrogen (secondary N) is 1. The van der Waals surface area contributed by atoms with E-state index in [1.54, 1.807) is 0 Å². The van der Waals surface area contributed by atoms with E-state index in [9.17, 15) is 9.90 Å². The zero-order valence-corrected chi connectivity index (χ0v) is 15.5. The maximum absolute atomic E-state index is 11.1. The van der Waals surface area contributed by atoms with Gasteiger partial charge in [-0.2, -0.15) is 5.10 Å². The van der Waals surface area contributed by atoms with Gasteiger partial charge in [-0.05, 0) is 67.6 Å². The topological polar surface area (TPSA) is 70.0 Å². The molecule has 1 heterocycles. The Morgan fingerprint density at radius 1 is 1.00 bits per heavy atom. The summed E-state index contributed by atoms with van der Waals surface area (Å²) < 4.78 is 1.82. The summed E-state index contributed by atoms with van der Waals surface area (Å²) in [6, 6.07) is 11.8. The van der Waals surface area contributed by atoms with Gasteiger partial charge >= 0.3 is 0 Å². The first kappa shape index (κ1) is 17.7. The second-order valence-electron chi connectivity index (χ2n) is 6.51. The molecule has 26 heavy (non-hydrogen) atoms. The molecule has 0 aliphatic heterocycles. The SMILES string of the molecule is Cc1c(C)c(Nc2ccn(-c3ccccc3)n2)c(C)c(C)c1CC(=O)[O-]. The molecule has 0 bridgehead atoms. The number of para-hydroxylation sites is 1. The molecule has 5 nitrogen and oxygen atoms in total. The molecule has 3 rings (SSSR count). The number of carbonyl (C=O) groups excluding carboxylic acids is 1. The number of carbonyl (C=O) groups is 1. The van der Waals surface area contributed by atoms with Crippen molar-refractivity contribution in [2.24, 2.45) is 0 Å². The average Bonchev–Trinajstić information content (AvgIpc) is 3.10. The third-order valence-corrected chi connectivity index (χ3v) is 4.96. The maximum atomic E-state index is 11.1. The number of hydrogen-bond donors (Lipinski definition) is 1. The van der Waals surface area contributed by atoms with Crippen LogP contribution in [0.15, 0.2) is 42.6 Å². The Hall–Kier alpha value is -3.08. The Kier molecular flexibility index (Phi) is 4.80. The third kappa shape index (κ3) is 3.33. The molecule has 0 aliphatic rings. The van der Waals surface area contributed by atoms with Gasteiger partial charge in [0, 0.05) is 30.3 Å². The first-order chi connectivity index (χ1) is 12.4. The minimum absolute atomic E-state index is 0.0672. The van der Waals surface area contributed by atoms with Gasteiger partial charge in [-0.25, -0.2) is 4.68 Å².